The van der Waals surface area contributed by atoms with Crippen LogP contribution >= 0.6 is 0 Å². The summed E-state index contributed by atoms with van der Waals surface area (Å²) in [5, 5.41) is 14.6. The summed E-state index contributed by atoms with van der Waals surface area (Å²) in [5.74, 6) is -2.47. The van der Waals surface area contributed by atoms with Crippen LogP contribution in [-0.4, -0.2) is 53.7 Å². The Morgan fingerprint density at radius 3 is 2.53 bits per heavy atom. The fraction of sp³-hybridized carbons (Fsp3) is 0.581. The summed E-state index contributed by atoms with van der Waals surface area (Å²) in [5.41, 5.74) is -0.867. The number of benzene rings is 1. The smallest absolute Gasteiger partial charge is 0.303 e. The van der Waals surface area contributed by atoms with Crippen molar-refractivity contribution in [3.05, 3.63) is 60.2 Å². The molecule has 4 rings (SSSR count). The van der Waals surface area contributed by atoms with Crippen LogP contribution in [0.1, 0.15) is 52.5 Å². The van der Waals surface area contributed by atoms with Crippen molar-refractivity contribution in [3.8, 4) is 0 Å². The van der Waals surface area contributed by atoms with Crippen molar-refractivity contribution in [2.75, 3.05) is 7.11 Å². The van der Waals surface area contributed by atoms with E-state index in [0.717, 1.165) is 5.56 Å². The van der Waals surface area contributed by atoms with Crippen LogP contribution in [0.3, 0.4) is 0 Å². The zero-order valence-electron chi connectivity index (χ0n) is 23.1. The van der Waals surface area contributed by atoms with Crippen LogP contribution in [0.5, 0.6) is 0 Å². The van der Waals surface area contributed by atoms with Crippen LogP contribution in [-0.2, 0) is 30.3 Å². The molecular weight excluding hydrogens is 482 g/mol. The maximum absolute atomic E-state index is 14.6. The number of carbonyl (C=O) groups excluding carboxylic acids is 3. The summed E-state index contributed by atoms with van der Waals surface area (Å²) < 4.78 is 11.6. The number of ether oxygens (including phenoxy) is 2. The van der Waals surface area contributed by atoms with Crippen molar-refractivity contribution in [2.24, 2.45) is 29.1 Å². The van der Waals surface area contributed by atoms with E-state index in [1.54, 1.807) is 6.92 Å². The lowest BCUT2D eigenvalue weighted by atomic mass is 9.51. The minimum atomic E-state index is -1.50. The molecule has 2 fully saturated rings. The Kier molecular flexibility index (Phi) is 8.01. The van der Waals surface area contributed by atoms with Crippen molar-refractivity contribution < 1.29 is 29.0 Å². The van der Waals surface area contributed by atoms with Gasteiger partial charge in [-0.05, 0) is 49.2 Å². The van der Waals surface area contributed by atoms with E-state index in [-0.39, 0.29) is 36.0 Å². The fourth-order valence-electron chi connectivity index (χ4n) is 7.43. The number of nitrogens with one attached hydrogen (secondary N) is 1. The topological polar surface area (TPSA) is 102 Å². The molecule has 0 bridgehead atoms. The summed E-state index contributed by atoms with van der Waals surface area (Å²) in [6.07, 6.45) is 3.56. The maximum Gasteiger partial charge on any atom is 0.303 e. The number of carbonyl (C=O) groups is 3. The van der Waals surface area contributed by atoms with Gasteiger partial charge in [0.2, 0.25) is 5.91 Å². The molecule has 7 nitrogen and oxygen atoms in total. The molecule has 206 valence electrons. The summed E-state index contributed by atoms with van der Waals surface area (Å²) in [4.78, 5) is 40.7. The molecule has 0 radical (unpaired) electrons. The lowest BCUT2D eigenvalue weighted by Gasteiger charge is -2.49. The first-order valence-corrected chi connectivity index (χ1v) is 13.6. The Labute approximate surface area is 225 Å². The second-order valence-corrected chi connectivity index (χ2v) is 11.7. The normalized spacial score (nSPS) is 39.5. The van der Waals surface area contributed by atoms with Gasteiger partial charge < -0.3 is 19.9 Å². The van der Waals surface area contributed by atoms with Crippen LogP contribution in [0.25, 0.3) is 0 Å². The highest BCUT2D eigenvalue weighted by Gasteiger charge is 2.68. The second kappa shape index (κ2) is 10.8. The van der Waals surface area contributed by atoms with E-state index in [0.29, 0.717) is 24.8 Å². The third-order valence-electron chi connectivity index (χ3n) is 9.13. The van der Waals surface area contributed by atoms with Crippen LogP contribution in [0.15, 0.2) is 54.6 Å². The summed E-state index contributed by atoms with van der Waals surface area (Å²) >= 11 is 0. The Morgan fingerprint density at radius 2 is 1.89 bits per heavy atom. The van der Waals surface area contributed by atoms with Gasteiger partial charge in [-0.3, -0.25) is 14.4 Å². The molecule has 1 saturated heterocycles. The molecule has 0 aromatic heterocycles. The van der Waals surface area contributed by atoms with Crippen molar-refractivity contribution in [1.29, 1.82) is 0 Å². The number of rotatable bonds is 4. The number of aliphatic hydroxyl groups excluding tert-OH is 1. The summed E-state index contributed by atoms with van der Waals surface area (Å²) in [6, 6.07) is 9.57. The minimum absolute atomic E-state index is 0.0966. The predicted molar refractivity (Wildman–Crippen MR) is 144 cm³/mol. The first-order chi connectivity index (χ1) is 18.0. The van der Waals surface area contributed by atoms with E-state index in [9.17, 15) is 19.5 Å². The van der Waals surface area contributed by atoms with Gasteiger partial charge in [0.25, 0.3) is 0 Å². The number of Topliss-reactive ketones (excluding diaryl/α,β-unsaturated/α-hetero) is 1. The Morgan fingerprint density at radius 1 is 1.21 bits per heavy atom. The van der Waals surface area contributed by atoms with Crippen molar-refractivity contribution in [2.45, 2.75) is 77.2 Å². The van der Waals surface area contributed by atoms with Crippen LogP contribution in [0, 0.1) is 29.1 Å². The van der Waals surface area contributed by atoms with Crippen LogP contribution < -0.4 is 5.32 Å². The van der Waals surface area contributed by atoms with Gasteiger partial charge in [-0.15, -0.1) is 0 Å². The van der Waals surface area contributed by atoms with E-state index >= 15 is 0 Å². The van der Waals surface area contributed by atoms with Gasteiger partial charge in [-0.1, -0.05) is 62.9 Å². The minimum Gasteiger partial charge on any atom is -0.457 e. The second-order valence-electron chi connectivity index (χ2n) is 11.7. The number of esters is 1. The number of allylic oxidation sites excluding steroid dienone is 1. The van der Waals surface area contributed by atoms with Crippen LogP contribution in [0.4, 0.5) is 0 Å². The molecular formula is C31H41NO6. The maximum atomic E-state index is 14.6. The SMILES string of the molecule is C=C1[C@@H](C)[C@H]2[C@H](Cc3ccccc3)NC(=O)[C@]23C(=O)C[C@@H](OC)[C@@](C)(OC(C)=O)C[C@@H](C)CC=C[C@H]3[C@@H]1O. The van der Waals surface area contributed by atoms with Gasteiger partial charge >= 0.3 is 5.97 Å². The number of ketones is 1. The quantitative estimate of drug-likeness (QED) is 0.354. The molecule has 7 heteroatoms. The molecule has 9 atom stereocenters. The molecule has 1 saturated carbocycles. The van der Waals surface area contributed by atoms with Gasteiger partial charge in [0.1, 0.15) is 17.1 Å². The molecule has 1 aromatic carbocycles. The Hall–Kier alpha value is -2.77. The lowest BCUT2D eigenvalue weighted by molar-refractivity contribution is -0.178. The molecule has 1 aliphatic heterocycles. The van der Waals surface area contributed by atoms with Gasteiger partial charge in [0.15, 0.2) is 5.78 Å². The predicted octanol–water partition coefficient (Wildman–Crippen LogP) is 3.80. The average molecular weight is 524 g/mol. The van der Waals surface area contributed by atoms with E-state index in [4.69, 9.17) is 9.47 Å². The Balaban J connectivity index is 1.86. The number of hydrogen-bond donors (Lipinski definition) is 2. The van der Waals surface area contributed by atoms with Crippen molar-refractivity contribution in [1.82, 2.24) is 5.32 Å². The molecule has 1 amide bonds. The third kappa shape index (κ3) is 4.75. The molecule has 2 N–H and O–H groups in total. The van der Waals surface area contributed by atoms with E-state index < -0.39 is 41.0 Å². The zero-order chi connectivity index (χ0) is 27.8. The highest BCUT2D eigenvalue weighted by atomic mass is 16.6. The van der Waals surface area contributed by atoms with E-state index in [1.807, 2.05) is 56.3 Å². The number of amides is 1. The first kappa shape index (κ1) is 28.2. The molecule has 1 aromatic rings. The monoisotopic (exact) mass is 523 g/mol. The molecule has 1 spiro atoms. The lowest BCUT2D eigenvalue weighted by Crippen LogP contribution is -2.59. The molecule has 38 heavy (non-hydrogen) atoms. The fourth-order valence-corrected chi connectivity index (χ4v) is 7.43. The van der Waals surface area contributed by atoms with Crippen LogP contribution in [0.2, 0.25) is 0 Å². The summed E-state index contributed by atoms with van der Waals surface area (Å²) in [6.45, 7) is 11.4. The largest absolute Gasteiger partial charge is 0.457 e. The Bertz CT molecular complexity index is 1110. The zero-order valence-corrected chi connectivity index (χ0v) is 23.1. The van der Waals surface area contributed by atoms with E-state index in [1.165, 1.54) is 14.0 Å². The van der Waals surface area contributed by atoms with Gasteiger partial charge in [0, 0.05) is 38.3 Å². The highest BCUT2D eigenvalue weighted by Crippen LogP contribution is 2.57. The number of methoxy groups -OCH3 is 1. The molecule has 0 unspecified atom stereocenters. The summed E-state index contributed by atoms with van der Waals surface area (Å²) in [7, 11) is 1.50. The third-order valence-corrected chi connectivity index (χ3v) is 9.13. The van der Waals surface area contributed by atoms with Gasteiger partial charge in [-0.2, -0.15) is 0 Å². The highest BCUT2D eigenvalue weighted by molar-refractivity contribution is 6.09. The number of aliphatic hydroxyl groups is 1. The van der Waals surface area contributed by atoms with Crippen molar-refractivity contribution in [3.63, 3.8) is 0 Å². The standard InChI is InChI=1S/C31H41NO6/c1-18-11-10-14-23-28(35)20(3)19(2)27-24(15-22-12-8-7-9-13-22)32-29(36)31(23,27)25(34)16-26(37-6)30(5,17-18)38-21(4)33/h7-10,12-14,18-19,23-24,26-28,35H,3,11,15-17H2,1-2,4-6H3,(H,32,36)/t18-,19+,23-,24-,26+,27-,28+,30-,31+/m0/s1. The first-order valence-electron chi connectivity index (χ1n) is 13.6. The van der Waals surface area contributed by atoms with Gasteiger partial charge in [-0.25, -0.2) is 0 Å². The molecule has 1 heterocycles. The van der Waals surface area contributed by atoms with E-state index in [2.05, 4.69) is 11.9 Å². The molecule has 3 aliphatic rings. The average Bonchev–Trinajstić information content (AvgIpc) is 3.14. The number of hydrogen-bond acceptors (Lipinski definition) is 6. The van der Waals surface area contributed by atoms with Crippen molar-refractivity contribution >= 4 is 17.7 Å². The molecule has 2 aliphatic carbocycles. The van der Waals surface area contributed by atoms with Gasteiger partial charge in [0.05, 0.1) is 6.10 Å².